The van der Waals surface area contributed by atoms with Gasteiger partial charge in [0.05, 0.1) is 18.9 Å². The van der Waals surface area contributed by atoms with Gasteiger partial charge in [0.1, 0.15) is 5.82 Å². The molecule has 1 heterocycles. The number of hydrogen-bond donors (Lipinski definition) is 1. The lowest BCUT2D eigenvalue weighted by molar-refractivity contribution is -0.148. The van der Waals surface area contributed by atoms with Gasteiger partial charge in [-0.1, -0.05) is 18.2 Å². The summed E-state index contributed by atoms with van der Waals surface area (Å²) in [5.41, 5.74) is 0.753. The number of amides is 1. The zero-order valence-corrected chi connectivity index (χ0v) is 15.3. The molecule has 0 radical (unpaired) electrons. The van der Waals surface area contributed by atoms with Crippen LogP contribution in [0.4, 0.5) is 10.1 Å². The molecule has 28 heavy (non-hydrogen) atoms. The van der Waals surface area contributed by atoms with Crippen LogP contribution in [0.25, 0.3) is 6.08 Å². The van der Waals surface area contributed by atoms with Crippen molar-refractivity contribution in [3.8, 4) is 11.5 Å². The molecule has 3 rings (SSSR count). The van der Waals surface area contributed by atoms with E-state index in [-0.39, 0.29) is 5.69 Å². The van der Waals surface area contributed by atoms with Crippen molar-refractivity contribution in [3.63, 3.8) is 0 Å². The molecule has 2 aromatic carbocycles. The van der Waals surface area contributed by atoms with E-state index in [1.807, 2.05) is 0 Å². The maximum absolute atomic E-state index is 13.6. The van der Waals surface area contributed by atoms with Crippen LogP contribution in [-0.2, 0) is 14.3 Å². The largest absolute Gasteiger partial charge is 0.490 e. The van der Waals surface area contributed by atoms with E-state index >= 15 is 0 Å². The maximum atomic E-state index is 13.6. The number of halogens is 1. The van der Waals surface area contributed by atoms with E-state index in [9.17, 15) is 14.0 Å². The first-order valence-electron chi connectivity index (χ1n) is 8.86. The molecule has 0 saturated carbocycles. The number of para-hydroxylation sites is 1. The Bertz CT molecular complexity index is 896. The number of benzene rings is 2. The van der Waals surface area contributed by atoms with Crippen LogP contribution in [0.2, 0.25) is 0 Å². The van der Waals surface area contributed by atoms with E-state index in [2.05, 4.69) is 5.32 Å². The van der Waals surface area contributed by atoms with E-state index in [0.717, 1.165) is 12.0 Å². The molecule has 1 amide bonds. The number of rotatable bonds is 5. The summed E-state index contributed by atoms with van der Waals surface area (Å²) in [4.78, 5) is 24.0. The first-order valence-corrected chi connectivity index (χ1v) is 8.86. The molecule has 0 unspecified atom stereocenters. The number of nitrogens with one attached hydrogen (secondary N) is 1. The van der Waals surface area contributed by atoms with Gasteiger partial charge in [-0.3, -0.25) is 4.79 Å². The molecule has 1 atom stereocenters. The third kappa shape index (κ3) is 5.09. The van der Waals surface area contributed by atoms with Crippen molar-refractivity contribution >= 4 is 23.6 Å². The summed E-state index contributed by atoms with van der Waals surface area (Å²) in [5.74, 6) is -0.601. The predicted octanol–water partition coefficient (Wildman–Crippen LogP) is 3.57. The van der Waals surface area contributed by atoms with Gasteiger partial charge in [0, 0.05) is 12.5 Å². The molecular formula is C21H20FNO5. The topological polar surface area (TPSA) is 73.9 Å². The second kappa shape index (κ2) is 9.03. The van der Waals surface area contributed by atoms with Gasteiger partial charge in [-0.05, 0) is 42.8 Å². The van der Waals surface area contributed by atoms with Gasteiger partial charge >= 0.3 is 5.97 Å². The summed E-state index contributed by atoms with van der Waals surface area (Å²) in [7, 11) is 0. The number of carbonyl (C=O) groups is 2. The number of fused-ring (bicyclic) bond motifs is 1. The summed E-state index contributed by atoms with van der Waals surface area (Å²) in [6.45, 7) is 2.58. The SMILES string of the molecule is C[C@H](OC(=O)/C=C/c1ccc2c(c1)OCCCO2)C(=O)Nc1ccccc1F. The maximum Gasteiger partial charge on any atom is 0.331 e. The minimum Gasteiger partial charge on any atom is -0.490 e. The van der Waals surface area contributed by atoms with Gasteiger partial charge in [0.2, 0.25) is 0 Å². The minimum absolute atomic E-state index is 0.0261. The minimum atomic E-state index is -1.08. The van der Waals surface area contributed by atoms with Crippen molar-refractivity contribution < 1.29 is 28.2 Å². The number of carbonyl (C=O) groups excluding carboxylic acids is 2. The highest BCUT2D eigenvalue weighted by Crippen LogP contribution is 2.30. The fraction of sp³-hybridized carbons (Fsp3) is 0.238. The molecule has 0 bridgehead atoms. The molecule has 6 nitrogen and oxygen atoms in total. The van der Waals surface area contributed by atoms with Crippen LogP contribution in [0.5, 0.6) is 11.5 Å². The van der Waals surface area contributed by atoms with Crippen molar-refractivity contribution in [1.29, 1.82) is 0 Å². The standard InChI is InChI=1S/C21H20FNO5/c1-14(21(25)23-17-6-3-2-5-16(17)22)28-20(24)10-8-15-7-9-18-19(13-15)27-12-4-11-26-18/h2-3,5-10,13-14H,4,11-12H2,1H3,(H,23,25)/b10-8+/t14-/m0/s1. The quantitative estimate of drug-likeness (QED) is 0.629. The Kier molecular flexibility index (Phi) is 6.26. The lowest BCUT2D eigenvalue weighted by Crippen LogP contribution is -2.29. The molecule has 0 fully saturated rings. The van der Waals surface area contributed by atoms with Crippen molar-refractivity contribution in [3.05, 3.63) is 59.9 Å². The van der Waals surface area contributed by atoms with Crippen LogP contribution in [0, 0.1) is 5.82 Å². The third-order valence-electron chi connectivity index (χ3n) is 3.98. The van der Waals surface area contributed by atoms with Crippen LogP contribution in [-0.4, -0.2) is 31.2 Å². The van der Waals surface area contributed by atoms with Gasteiger partial charge < -0.3 is 19.5 Å². The van der Waals surface area contributed by atoms with E-state index in [4.69, 9.17) is 14.2 Å². The lowest BCUT2D eigenvalue weighted by atomic mass is 10.2. The van der Waals surface area contributed by atoms with Gasteiger partial charge in [0.25, 0.3) is 5.91 Å². The number of hydrogen-bond acceptors (Lipinski definition) is 5. The Morgan fingerprint density at radius 1 is 1.14 bits per heavy atom. The summed E-state index contributed by atoms with van der Waals surface area (Å²) in [6, 6.07) is 11.1. The predicted molar refractivity (Wildman–Crippen MR) is 102 cm³/mol. The van der Waals surface area contributed by atoms with Crippen LogP contribution in [0.15, 0.2) is 48.5 Å². The second-order valence-electron chi connectivity index (χ2n) is 6.14. The highest BCUT2D eigenvalue weighted by atomic mass is 19.1. The molecule has 0 aliphatic carbocycles. The second-order valence-corrected chi connectivity index (χ2v) is 6.14. The van der Waals surface area contributed by atoms with Crippen molar-refractivity contribution in [2.45, 2.75) is 19.4 Å². The van der Waals surface area contributed by atoms with E-state index in [1.165, 1.54) is 31.2 Å². The van der Waals surface area contributed by atoms with Gasteiger partial charge in [0.15, 0.2) is 17.6 Å². The van der Waals surface area contributed by atoms with Crippen LogP contribution < -0.4 is 14.8 Å². The first kappa shape index (κ1) is 19.4. The number of ether oxygens (including phenoxy) is 3. The van der Waals surface area contributed by atoms with Crippen LogP contribution >= 0.6 is 0 Å². The zero-order chi connectivity index (χ0) is 19.9. The Hall–Kier alpha value is -3.35. The molecule has 0 saturated heterocycles. The summed E-state index contributed by atoms with van der Waals surface area (Å²) in [5, 5.41) is 2.38. The Morgan fingerprint density at radius 2 is 1.89 bits per heavy atom. The Labute approximate surface area is 161 Å². The zero-order valence-electron chi connectivity index (χ0n) is 15.3. The number of anilines is 1. The average molecular weight is 385 g/mol. The van der Waals surface area contributed by atoms with Crippen LogP contribution in [0.3, 0.4) is 0 Å². The fourth-order valence-corrected chi connectivity index (χ4v) is 2.51. The number of esters is 1. The Balaban J connectivity index is 1.56. The van der Waals surface area contributed by atoms with E-state index in [1.54, 1.807) is 30.3 Å². The van der Waals surface area contributed by atoms with Gasteiger partial charge in [-0.25, -0.2) is 9.18 Å². The molecule has 1 aliphatic rings. The molecule has 146 valence electrons. The molecule has 2 aromatic rings. The highest BCUT2D eigenvalue weighted by Gasteiger charge is 2.18. The molecule has 0 spiro atoms. The van der Waals surface area contributed by atoms with Crippen molar-refractivity contribution in [2.24, 2.45) is 0 Å². The van der Waals surface area contributed by atoms with Crippen molar-refractivity contribution in [1.82, 2.24) is 0 Å². The average Bonchev–Trinajstić information content (AvgIpc) is 2.93. The van der Waals surface area contributed by atoms with E-state index < -0.39 is 23.8 Å². The Morgan fingerprint density at radius 3 is 2.68 bits per heavy atom. The third-order valence-corrected chi connectivity index (χ3v) is 3.98. The van der Waals surface area contributed by atoms with E-state index in [0.29, 0.717) is 24.7 Å². The van der Waals surface area contributed by atoms with Gasteiger partial charge in [-0.2, -0.15) is 0 Å². The van der Waals surface area contributed by atoms with Gasteiger partial charge in [-0.15, -0.1) is 0 Å². The molecule has 0 aromatic heterocycles. The smallest absolute Gasteiger partial charge is 0.331 e. The monoisotopic (exact) mass is 385 g/mol. The van der Waals surface area contributed by atoms with Crippen LogP contribution in [0.1, 0.15) is 18.9 Å². The summed E-state index contributed by atoms with van der Waals surface area (Å²) >= 11 is 0. The summed E-state index contributed by atoms with van der Waals surface area (Å²) < 4.78 is 29.8. The first-order chi connectivity index (χ1) is 13.5. The highest BCUT2D eigenvalue weighted by molar-refractivity contribution is 5.96. The normalized spacial score (nSPS) is 14.2. The summed E-state index contributed by atoms with van der Waals surface area (Å²) in [6.07, 6.45) is 2.49. The molecule has 7 heteroatoms. The molecule has 1 N–H and O–H groups in total. The lowest BCUT2D eigenvalue weighted by Gasteiger charge is -2.12. The molecule has 1 aliphatic heterocycles. The van der Waals surface area contributed by atoms with Crippen molar-refractivity contribution in [2.75, 3.05) is 18.5 Å². The fourth-order valence-electron chi connectivity index (χ4n) is 2.51. The molecular weight excluding hydrogens is 365 g/mol.